The van der Waals surface area contributed by atoms with E-state index < -0.39 is 22.0 Å². The Morgan fingerprint density at radius 2 is 1.64 bits per heavy atom. The maximum atomic E-state index is 12.6. The number of carbonyl (C=O) groups is 2. The van der Waals surface area contributed by atoms with E-state index >= 15 is 0 Å². The molecule has 28 heavy (non-hydrogen) atoms. The molecule has 0 heterocycles. The molecule has 0 saturated heterocycles. The first-order valence-corrected chi connectivity index (χ1v) is 10.3. The number of urea groups is 1. The summed E-state index contributed by atoms with van der Waals surface area (Å²) < 4.78 is 26.4. The molecule has 2 aromatic carbocycles. The highest BCUT2D eigenvalue weighted by Crippen LogP contribution is 2.17. The van der Waals surface area contributed by atoms with Crippen LogP contribution in [-0.2, 0) is 10.0 Å². The lowest BCUT2D eigenvalue weighted by molar-refractivity contribution is 0.0937. The summed E-state index contributed by atoms with van der Waals surface area (Å²) in [5, 5.41) is 3.04. The molecule has 2 aromatic rings. The Morgan fingerprint density at radius 3 is 2.25 bits per heavy atom. The fourth-order valence-electron chi connectivity index (χ4n) is 2.39. The highest BCUT2D eigenvalue weighted by Gasteiger charge is 2.22. The minimum absolute atomic E-state index is 0.00876. The number of rotatable bonds is 6. The third-order valence-corrected chi connectivity index (χ3v) is 6.13. The number of hydrazine groups is 1. The highest BCUT2D eigenvalue weighted by molar-refractivity contribution is 7.89. The van der Waals surface area contributed by atoms with Crippen molar-refractivity contribution in [2.75, 3.05) is 18.4 Å². The van der Waals surface area contributed by atoms with E-state index in [4.69, 9.17) is 11.6 Å². The van der Waals surface area contributed by atoms with Gasteiger partial charge in [0.1, 0.15) is 0 Å². The van der Waals surface area contributed by atoms with Crippen molar-refractivity contribution in [2.45, 2.75) is 18.7 Å². The van der Waals surface area contributed by atoms with E-state index in [0.29, 0.717) is 23.8 Å². The molecule has 0 aliphatic carbocycles. The Hall–Kier alpha value is -2.62. The monoisotopic (exact) mass is 424 g/mol. The lowest BCUT2D eigenvalue weighted by Crippen LogP contribution is -2.44. The van der Waals surface area contributed by atoms with E-state index in [1.165, 1.54) is 28.6 Å². The van der Waals surface area contributed by atoms with Gasteiger partial charge in [0.05, 0.1) is 4.90 Å². The SMILES string of the molecule is CCN(CC)S(=O)(=O)c1cccc(C(=O)NNC(=O)Nc2ccc(Cl)cc2)c1. The number of anilines is 1. The molecule has 0 atom stereocenters. The topological polar surface area (TPSA) is 108 Å². The first-order valence-electron chi connectivity index (χ1n) is 8.51. The molecule has 10 heteroatoms. The van der Waals surface area contributed by atoms with Crippen molar-refractivity contribution >= 4 is 39.2 Å². The number of sulfonamides is 1. The van der Waals surface area contributed by atoms with Gasteiger partial charge in [0.25, 0.3) is 5.91 Å². The van der Waals surface area contributed by atoms with Gasteiger partial charge < -0.3 is 5.32 Å². The average Bonchev–Trinajstić information content (AvgIpc) is 2.68. The molecule has 3 N–H and O–H groups in total. The second-order valence-electron chi connectivity index (χ2n) is 5.66. The molecule has 0 spiro atoms. The normalized spacial score (nSPS) is 11.1. The van der Waals surface area contributed by atoms with Gasteiger partial charge >= 0.3 is 6.03 Å². The van der Waals surface area contributed by atoms with E-state index in [9.17, 15) is 18.0 Å². The predicted molar refractivity (Wildman–Crippen MR) is 108 cm³/mol. The van der Waals surface area contributed by atoms with Crippen LogP contribution in [-0.4, -0.2) is 37.8 Å². The summed E-state index contributed by atoms with van der Waals surface area (Å²) in [6.07, 6.45) is 0. The van der Waals surface area contributed by atoms with Crippen LogP contribution in [0.3, 0.4) is 0 Å². The zero-order valence-corrected chi connectivity index (χ0v) is 17.0. The molecule has 0 aliphatic rings. The van der Waals surface area contributed by atoms with Crippen molar-refractivity contribution in [3.05, 3.63) is 59.1 Å². The van der Waals surface area contributed by atoms with Crippen LogP contribution < -0.4 is 16.2 Å². The number of carbonyl (C=O) groups excluding carboxylic acids is 2. The zero-order valence-electron chi connectivity index (χ0n) is 15.4. The van der Waals surface area contributed by atoms with Crippen molar-refractivity contribution in [3.63, 3.8) is 0 Å². The molecule has 3 amide bonds. The number of hydrogen-bond donors (Lipinski definition) is 3. The molecule has 0 fully saturated rings. The molecule has 0 radical (unpaired) electrons. The summed E-state index contributed by atoms with van der Waals surface area (Å²) in [5.41, 5.74) is 5.02. The number of halogens is 1. The minimum atomic E-state index is -3.69. The lowest BCUT2D eigenvalue weighted by atomic mass is 10.2. The number of nitrogens with zero attached hydrogens (tertiary/aromatic N) is 1. The molecular weight excluding hydrogens is 404 g/mol. The second kappa shape index (κ2) is 9.54. The van der Waals surface area contributed by atoms with Crippen LogP contribution in [0.25, 0.3) is 0 Å². The van der Waals surface area contributed by atoms with Gasteiger partial charge in [-0.25, -0.2) is 18.6 Å². The largest absolute Gasteiger partial charge is 0.337 e. The summed E-state index contributed by atoms with van der Waals surface area (Å²) in [4.78, 5) is 24.1. The maximum absolute atomic E-state index is 12.6. The summed E-state index contributed by atoms with van der Waals surface area (Å²) in [6, 6.07) is 11.4. The Balaban J connectivity index is 2.02. The molecular formula is C18H21ClN4O4S. The van der Waals surface area contributed by atoms with Gasteiger partial charge in [-0.2, -0.15) is 4.31 Å². The Bertz CT molecular complexity index is 944. The fraction of sp³-hybridized carbons (Fsp3) is 0.222. The number of benzene rings is 2. The van der Waals surface area contributed by atoms with E-state index in [0.717, 1.165) is 0 Å². The molecule has 0 saturated carbocycles. The van der Waals surface area contributed by atoms with Crippen molar-refractivity contribution in [3.8, 4) is 0 Å². The summed E-state index contributed by atoms with van der Waals surface area (Å²) >= 11 is 5.77. The summed E-state index contributed by atoms with van der Waals surface area (Å²) in [6.45, 7) is 4.12. The van der Waals surface area contributed by atoms with Crippen molar-refractivity contribution in [1.82, 2.24) is 15.2 Å². The number of amides is 3. The first-order chi connectivity index (χ1) is 13.3. The minimum Gasteiger partial charge on any atom is -0.307 e. The summed E-state index contributed by atoms with van der Waals surface area (Å²) in [5.74, 6) is -0.650. The molecule has 0 bridgehead atoms. The quantitative estimate of drug-likeness (QED) is 0.619. The van der Waals surface area contributed by atoms with Gasteiger partial charge in [0, 0.05) is 29.4 Å². The van der Waals surface area contributed by atoms with Crippen LogP contribution >= 0.6 is 11.6 Å². The van der Waals surface area contributed by atoms with Crippen LogP contribution in [0.2, 0.25) is 5.02 Å². The standard InChI is InChI=1S/C18H21ClN4O4S/c1-3-23(4-2)28(26,27)16-7-5-6-13(12-16)17(24)21-22-18(25)20-15-10-8-14(19)9-11-15/h5-12H,3-4H2,1-2H3,(H,21,24)(H2,20,22,25). The van der Waals surface area contributed by atoms with Crippen molar-refractivity contribution in [1.29, 1.82) is 0 Å². The van der Waals surface area contributed by atoms with E-state index in [1.54, 1.807) is 38.1 Å². The lowest BCUT2D eigenvalue weighted by Gasteiger charge is -2.18. The van der Waals surface area contributed by atoms with Gasteiger partial charge in [-0.1, -0.05) is 31.5 Å². The van der Waals surface area contributed by atoms with Gasteiger partial charge in [-0.3, -0.25) is 10.2 Å². The number of nitrogens with one attached hydrogen (secondary N) is 3. The molecule has 0 aromatic heterocycles. The first kappa shape index (κ1) is 21.7. The zero-order chi connectivity index (χ0) is 20.7. The average molecular weight is 425 g/mol. The van der Waals surface area contributed by atoms with Crippen LogP contribution in [0.4, 0.5) is 10.5 Å². The maximum Gasteiger partial charge on any atom is 0.337 e. The molecule has 2 rings (SSSR count). The number of hydrogen-bond acceptors (Lipinski definition) is 4. The molecule has 0 aliphatic heterocycles. The van der Waals surface area contributed by atoms with Crippen LogP contribution in [0.1, 0.15) is 24.2 Å². The predicted octanol–water partition coefficient (Wildman–Crippen LogP) is 2.84. The van der Waals surface area contributed by atoms with Crippen LogP contribution in [0, 0.1) is 0 Å². The Kier molecular flexibility index (Phi) is 7.38. The van der Waals surface area contributed by atoms with Gasteiger partial charge in [0.15, 0.2) is 0 Å². The molecule has 150 valence electrons. The fourth-order valence-corrected chi connectivity index (χ4v) is 4.02. The summed E-state index contributed by atoms with van der Waals surface area (Å²) in [7, 11) is -3.69. The van der Waals surface area contributed by atoms with Gasteiger partial charge in [0.2, 0.25) is 10.0 Å². The second-order valence-corrected chi connectivity index (χ2v) is 8.03. The highest BCUT2D eigenvalue weighted by atomic mass is 35.5. The van der Waals surface area contributed by atoms with Gasteiger partial charge in [-0.15, -0.1) is 0 Å². The van der Waals surface area contributed by atoms with Crippen LogP contribution in [0.5, 0.6) is 0 Å². The third-order valence-electron chi connectivity index (χ3n) is 3.83. The Labute approximate surface area is 168 Å². The van der Waals surface area contributed by atoms with Crippen molar-refractivity contribution in [2.24, 2.45) is 0 Å². The molecule has 0 unspecified atom stereocenters. The van der Waals surface area contributed by atoms with E-state index in [2.05, 4.69) is 16.2 Å². The smallest absolute Gasteiger partial charge is 0.307 e. The van der Waals surface area contributed by atoms with Crippen molar-refractivity contribution < 1.29 is 18.0 Å². The third kappa shape index (κ3) is 5.44. The van der Waals surface area contributed by atoms with Crippen LogP contribution in [0.15, 0.2) is 53.4 Å². The van der Waals surface area contributed by atoms with E-state index in [-0.39, 0.29) is 10.5 Å². The molecule has 8 nitrogen and oxygen atoms in total. The van der Waals surface area contributed by atoms with Gasteiger partial charge in [-0.05, 0) is 42.5 Å². The van der Waals surface area contributed by atoms with E-state index in [1.807, 2.05) is 0 Å². The Morgan fingerprint density at radius 1 is 1.00 bits per heavy atom.